The summed E-state index contributed by atoms with van der Waals surface area (Å²) >= 11 is 6.24. The van der Waals surface area contributed by atoms with Crippen LogP contribution in [0.3, 0.4) is 0 Å². The number of aryl methyl sites for hydroxylation is 1. The van der Waals surface area contributed by atoms with Crippen molar-refractivity contribution in [2.75, 3.05) is 5.32 Å². The Morgan fingerprint density at radius 1 is 1.45 bits per heavy atom. The largest absolute Gasteiger partial charge is 0.372 e. The molecule has 2 aromatic rings. The molecule has 2 aromatic heterocycles. The molecule has 0 aromatic carbocycles. The van der Waals surface area contributed by atoms with E-state index in [1.807, 2.05) is 26.0 Å². The quantitative estimate of drug-likeness (QED) is 0.687. The molecule has 3 N–H and O–H groups in total. The zero-order valence-electron chi connectivity index (χ0n) is 16.6. The maximum Gasteiger partial charge on any atom is 0.248 e. The lowest BCUT2D eigenvalue weighted by Crippen LogP contribution is -2.27. The van der Waals surface area contributed by atoms with Crippen LogP contribution in [0.4, 0.5) is 14.5 Å². The first kappa shape index (κ1) is 22.8. The van der Waals surface area contributed by atoms with Gasteiger partial charge in [0.1, 0.15) is 0 Å². The van der Waals surface area contributed by atoms with Gasteiger partial charge in [0.15, 0.2) is 5.15 Å². The fourth-order valence-electron chi connectivity index (χ4n) is 3.42. The van der Waals surface area contributed by atoms with Crippen LogP contribution in [0.2, 0.25) is 5.15 Å². The van der Waals surface area contributed by atoms with Gasteiger partial charge in [0, 0.05) is 42.5 Å². The highest BCUT2D eigenvalue weighted by Crippen LogP contribution is 2.37. The van der Waals surface area contributed by atoms with Gasteiger partial charge in [0.25, 0.3) is 0 Å². The number of hydrogen-bond acceptors (Lipinski definition) is 4. The molecule has 1 aliphatic carbocycles. The number of rotatable bonds is 5. The van der Waals surface area contributed by atoms with Crippen LogP contribution in [0.15, 0.2) is 24.9 Å². The normalized spacial score (nSPS) is 15.9. The van der Waals surface area contributed by atoms with E-state index in [0.29, 0.717) is 30.2 Å². The van der Waals surface area contributed by atoms with E-state index in [-0.39, 0.29) is 25.2 Å². The van der Waals surface area contributed by atoms with Crippen LogP contribution in [0.1, 0.15) is 42.6 Å². The van der Waals surface area contributed by atoms with E-state index in [0.717, 1.165) is 22.6 Å². The van der Waals surface area contributed by atoms with E-state index in [2.05, 4.69) is 27.7 Å². The number of nitrogens with zero attached hydrogens (tertiary/aromatic N) is 3. The highest BCUT2D eigenvalue weighted by molar-refractivity contribution is 6.30. The Hall–Kier alpha value is -2.48. The third-order valence-corrected chi connectivity index (χ3v) is 5.24. The van der Waals surface area contributed by atoms with Crippen molar-refractivity contribution in [2.24, 2.45) is 11.7 Å². The van der Waals surface area contributed by atoms with Gasteiger partial charge in [0.2, 0.25) is 12.3 Å². The molecule has 1 saturated carbocycles. The van der Waals surface area contributed by atoms with Crippen molar-refractivity contribution in [3.05, 3.63) is 47.0 Å². The van der Waals surface area contributed by atoms with Crippen molar-refractivity contribution < 1.29 is 13.6 Å². The minimum absolute atomic E-state index is 0.0591. The number of hydrogen-bond donors (Lipinski definition) is 2. The predicted octanol–water partition coefficient (Wildman–Crippen LogP) is 4.56. The van der Waals surface area contributed by atoms with E-state index >= 15 is 0 Å². The molecule has 0 bridgehead atoms. The average Bonchev–Trinajstić information content (AvgIpc) is 2.91. The second kappa shape index (κ2) is 9.82. The monoisotopic (exact) mass is 425 g/mol. The smallest absolute Gasteiger partial charge is 0.248 e. The SMILES string of the molecule is C=C(Nc1ccnc(C)c1)c1c(C)c(Cl)nn1CC1CCC(F)(F)CC1.NC=O. The van der Waals surface area contributed by atoms with Crippen LogP contribution in [0.5, 0.6) is 0 Å². The lowest BCUT2D eigenvalue weighted by molar-refractivity contribution is -0.106. The molecule has 0 atom stereocenters. The van der Waals surface area contributed by atoms with Gasteiger partial charge < -0.3 is 11.1 Å². The fourth-order valence-corrected chi connectivity index (χ4v) is 3.60. The van der Waals surface area contributed by atoms with Crippen LogP contribution < -0.4 is 11.1 Å². The number of nitrogens with one attached hydrogen (secondary N) is 1. The van der Waals surface area contributed by atoms with Gasteiger partial charge in [-0.2, -0.15) is 5.10 Å². The first-order valence-corrected chi connectivity index (χ1v) is 9.69. The topological polar surface area (TPSA) is 85.8 Å². The first-order chi connectivity index (χ1) is 13.7. The van der Waals surface area contributed by atoms with E-state index in [4.69, 9.17) is 16.4 Å². The van der Waals surface area contributed by atoms with Crippen molar-refractivity contribution >= 4 is 29.4 Å². The van der Waals surface area contributed by atoms with E-state index in [1.165, 1.54) is 0 Å². The molecular weight excluding hydrogens is 400 g/mol. The molecule has 1 amide bonds. The molecule has 1 aliphatic rings. The summed E-state index contributed by atoms with van der Waals surface area (Å²) in [5, 5.41) is 8.08. The molecule has 0 aliphatic heterocycles. The summed E-state index contributed by atoms with van der Waals surface area (Å²) in [4.78, 5) is 12.8. The molecule has 0 saturated heterocycles. The average molecular weight is 426 g/mol. The number of halogens is 3. The van der Waals surface area contributed by atoms with Gasteiger partial charge in [-0.25, -0.2) is 8.78 Å². The van der Waals surface area contributed by atoms with Crippen LogP contribution in [-0.2, 0) is 11.3 Å². The molecule has 29 heavy (non-hydrogen) atoms. The molecule has 0 radical (unpaired) electrons. The van der Waals surface area contributed by atoms with Gasteiger partial charge in [0.05, 0.1) is 11.4 Å². The van der Waals surface area contributed by atoms with Crippen molar-refractivity contribution in [2.45, 2.75) is 52.0 Å². The molecule has 9 heteroatoms. The molecular formula is C20H26ClF2N5O. The molecule has 158 valence electrons. The lowest BCUT2D eigenvalue weighted by Gasteiger charge is -2.28. The van der Waals surface area contributed by atoms with Gasteiger partial charge in [-0.3, -0.25) is 14.5 Å². The number of pyridine rings is 1. The Bertz CT molecular complexity index is 859. The Labute approximate surface area is 174 Å². The summed E-state index contributed by atoms with van der Waals surface area (Å²) in [7, 11) is 0. The predicted molar refractivity (Wildman–Crippen MR) is 111 cm³/mol. The number of anilines is 1. The summed E-state index contributed by atoms with van der Waals surface area (Å²) in [6.07, 6.45) is 2.84. The summed E-state index contributed by atoms with van der Waals surface area (Å²) in [5.41, 5.74) is 8.25. The fraction of sp³-hybridized carbons (Fsp3) is 0.450. The van der Waals surface area contributed by atoms with Crippen LogP contribution >= 0.6 is 11.6 Å². The van der Waals surface area contributed by atoms with E-state index in [1.54, 1.807) is 10.9 Å². The molecule has 3 rings (SSSR count). The number of alkyl halides is 2. The Kier molecular flexibility index (Phi) is 7.73. The third-order valence-electron chi connectivity index (χ3n) is 4.88. The summed E-state index contributed by atoms with van der Waals surface area (Å²) < 4.78 is 28.6. The van der Waals surface area contributed by atoms with Crippen molar-refractivity contribution in [3.8, 4) is 0 Å². The maximum absolute atomic E-state index is 13.4. The number of primary amides is 1. The minimum atomic E-state index is -2.53. The number of aromatic nitrogens is 3. The van der Waals surface area contributed by atoms with Crippen molar-refractivity contribution in [1.82, 2.24) is 14.8 Å². The summed E-state index contributed by atoms with van der Waals surface area (Å²) in [5.74, 6) is -2.36. The third kappa shape index (κ3) is 6.25. The number of carbonyl (C=O) groups is 1. The van der Waals surface area contributed by atoms with E-state index in [9.17, 15) is 8.78 Å². The molecule has 2 heterocycles. The first-order valence-electron chi connectivity index (χ1n) is 9.32. The van der Waals surface area contributed by atoms with E-state index < -0.39 is 5.92 Å². The molecule has 0 unspecified atom stereocenters. The Morgan fingerprint density at radius 3 is 2.66 bits per heavy atom. The molecule has 1 fully saturated rings. The van der Waals surface area contributed by atoms with Gasteiger partial charge in [-0.15, -0.1) is 0 Å². The zero-order chi connectivity index (χ0) is 21.6. The summed E-state index contributed by atoms with van der Waals surface area (Å²) in [6.45, 7) is 8.50. The Morgan fingerprint density at radius 2 is 2.07 bits per heavy atom. The second-order valence-electron chi connectivity index (χ2n) is 7.17. The van der Waals surface area contributed by atoms with Gasteiger partial charge >= 0.3 is 0 Å². The van der Waals surface area contributed by atoms with Crippen LogP contribution in [0, 0.1) is 19.8 Å². The zero-order valence-corrected chi connectivity index (χ0v) is 17.3. The second-order valence-corrected chi connectivity index (χ2v) is 7.53. The van der Waals surface area contributed by atoms with Gasteiger partial charge in [-0.05, 0) is 44.7 Å². The van der Waals surface area contributed by atoms with Crippen LogP contribution in [-0.4, -0.2) is 27.1 Å². The highest BCUT2D eigenvalue weighted by Gasteiger charge is 2.35. The Balaban J connectivity index is 0.000000941. The summed E-state index contributed by atoms with van der Waals surface area (Å²) in [6, 6.07) is 3.78. The standard InChI is InChI=1S/C19H23ClF2N4.CH3NO/c1-12-10-16(6-9-23-12)24-14(3)17-13(2)18(20)25-26(17)11-15-4-7-19(21,22)8-5-15;2-1-3/h6,9-10,15H,3-5,7-8,11H2,1-2H3,(H,23,24);1H,(H2,2,3). The van der Waals surface area contributed by atoms with Crippen molar-refractivity contribution in [3.63, 3.8) is 0 Å². The molecule has 6 nitrogen and oxygen atoms in total. The van der Waals surface area contributed by atoms with Gasteiger partial charge in [-0.1, -0.05) is 18.2 Å². The highest BCUT2D eigenvalue weighted by atomic mass is 35.5. The van der Waals surface area contributed by atoms with Crippen molar-refractivity contribution in [1.29, 1.82) is 0 Å². The lowest BCUT2D eigenvalue weighted by atomic mass is 9.87. The maximum atomic E-state index is 13.4. The number of nitrogens with two attached hydrogens (primary N) is 1. The number of carbonyl (C=O) groups excluding carboxylic acids is 1. The molecule has 0 spiro atoms. The number of amides is 1. The van der Waals surface area contributed by atoms with Crippen LogP contribution in [0.25, 0.3) is 5.70 Å². The minimum Gasteiger partial charge on any atom is -0.372 e.